The van der Waals surface area contributed by atoms with Gasteiger partial charge < -0.3 is 10.2 Å². The average molecular weight is 224 g/mol. The standard InChI is InChI=1S/C13H24N2O/c1-10(12(2,3)4)11(16)15-8-13(9-15)5-6-14-7-13/h10,14H,5-9H2,1-4H3. The van der Waals surface area contributed by atoms with Crippen LogP contribution in [-0.2, 0) is 4.79 Å². The second kappa shape index (κ2) is 3.73. The number of carbonyl (C=O) groups excluding carboxylic acids is 1. The molecule has 16 heavy (non-hydrogen) atoms. The number of carbonyl (C=O) groups is 1. The van der Waals surface area contributed by atoms with Crippen molar-refractivity contribution in [1.29, 1.82) is 0 Å². The molecule has 2 heterocycles. The molecule has 2 saturated heterocycles. The third-order valence-corrected chi connectivity index (χ3v) is 4.37. The van der Waals surface area contributed by atoms with E-state index in [0.717, 1.165) is 26.2 Å². The predicted octanol–water partition coefficient (Wildman–Crippen LogP) is 1.49. The van der Waals surface area contributed by atoms with E-state index in [2.05, 4.69) is 33.0 Å². The summed E-state index contributed by atoms with van der Waals surface area (Å²) in [4.78, 5) is 14.3. The zero-order valence-electron chi connectivity index (χ0n) is 11.0. The Labute approximate surface area is 98.6 Å². The van der Waals surface area contributed by atoms with Gasteiger partial charge in [0.05, 0.1) is 0 Å². The smallest absolute Gasteiger partial charge is 0.225 e. The van der Waals surface area contributed by atoms with Gasteiger partial charge in [0.15, 0.2) is 0 Å². The van der Waals surface area contributed by atoms with E-state index in [1.165, 1.54) is 6.42 Å². The van der Waals surface area contributed by atoms with Gasteiger partial charge in [0.1, 0.15) is 0 Å². The molecule has 2 rings (SSSR count). The van der Waals surface area contributed by atoms with Crippen LogP contribution in [0.2, 0.25) is 0 Å². The van der Waals surface area contributed by atoms with Crippen LogP contribution in [0.25, 0.3) is 0 Å². The topological polar surface area (TPSA) is 32.3 Å². The minimum atomic E-state index is 0.0771. The maximum atomic E-state index is 12.2. The van der Waals surface area contributed by atoms with E-state index in [1.807, 2.05) is 4.90 Å². The quantitative estimate of drug-likeness (QED) is 0.732. The second-order valence-electron chi connectivity index (χ2n) is 6.71. The molecule has 0 aliphatic carbocycles. The molecular formula is C13H24N2O. The minimum absolute atomic E-state index is 0.0771. The summed E-state index contributed by atoms with van der Waals surface area (Å²) in [6, 6.07) is 0. The highest BCUT2D eigenvalue weighted by Gasteiger charge is 2.48. The summed E-state index contributed by atoms with van der Waals surface area (Å²) in [7, 11) is 0. The number of hydrogen-bond acceptors (Lipinski definition) is 2. The molecule has 0 radical (unpaired) electrons. The first-order valence-electron chi connectivity index (χ1n) is 6.34. The van der Waals surface area contributed by atoms with E-state index >= 15 is 0 Å². The van der Waals surface area contributed by atoms with Gasteiger partial charge in [0.25, 0.3) is 0 Å². The Kier molecular flexibility index (Phi) is 2.77. The summed E-state index contributed by atoms with van der Waals surface area (Å²) in [5, 5.41) is 3.40. The summed E-state index contributed by atoms with van der Waals surface area (Å²) in [5.41, 5.74) is 0.501. The molecular weight excluding hydrogens is 200 g/mol. The van der Waals surface area contributed by atoms with Crippen LogP contribution in [0.5, 0.6) is 0 Å². The molecule has 2 fully saturated rings. The van der Waals surface area contributed by atoms with Crippen LogP contribution in [0.4, 0.5) is 0 Å². The first kappa shape index (κ1) is 11.9. The number of amides is 1. The summed E-state index contributed by atoms with van der Waals surface area (Å²) in [5.74, 6) is 0.462. The van der Waals surface area contributed by atoms with Crippen LogP contribution in [0, 0.1) is 16.7 Å². The average Bonchev–Trinajstić information content (AvgIpc) is 2.60. The van der Waals surface area contributed by atoms with Crippen molar-refractivity contribution in [2.45, 2.75) is 34.1 Å². The fraction of sp³-hybridized carbons (Fsp3) is 0.923. The first-order valence-corrected chi connectivity index (χ1v) is 6.34. The van der Waals surface area contributed by atoms with Crippen molar-refractivity contribution in [2.75, 3.05) is 26.2 Å². The largest absolute Gasteiger partial charge is 0.341 e. The molecule has 0 aromatic heterocycles. The number of nitrogens with one attached hydrogen (secondary N) is 1. The van der Waals surface area contributed by atoms with Gasteiger partial charge in [-0.05, 0) is 18.4 Å². The minimum Gasteiger partial charge on any atom is -0.341 e. The molecule has 0 aromatic rings. The van der Waals surface area contributed by atoms with Crippen LogP contribution in [-0.4, -0.2) is 37.0 Å². The number of nitrogens with zero attached hydrogens (tertiary/aromatic N) is 1. The lowest BCUT2D eigenvalue weighted by molar-refractivity contribution is -0.149. The number of rotatable bonds is 1. The molecule has 2 aliphatic heterocycles. The van der Waals surface area contributed by atoms with Crippen molar-refractivity contribution in [3.63, 3.8) is 0 Å². The van der Waals surface area contributed by atoms with Crippen LogP contribution in [0.1, 0.15) is 34.1 Å². The van der Waals surface area contributed by atoms with Crippen LogP contribution >= 0.6 is 0 Å². The van der Waals surface area contributed by atoms with Crippen molar-refractivity contribution in [1.82, 2.24) is 10.2 Å². The van der Waals surface area contributed by atoms with Gasteiger partial charge in [-0.1, -0.05) is 27.7 Å². The Morgan fingerprint density at radius 2 is 2.00 bits per heavy atom. The third-order valence-electron chi connectivity index (χ3n) is 4.37. The van der Waals surface area contributed by atoms with Crippen molar-refractivity contribution >= 4 is 5.91 Å². The van der Waals surface area contributed by atoms with Gasteiger partial charge in [0.2, 0.25) is 5.91 Å². The lowest BCUT2D eigenvalue weighted by atomic mass is 9.75. The van der Waals surface area contributed by atoms with Gasteiger partial charge in [-0.3, -0.25) is 4.79 Å². The zero-order valence-corrected chi connectivity index (χ0v) is 11.0. The van der Waals surface area contributed by atoms with Crippen LogP contribution < -0.4 is 5.32 Å². The highest BCUT2D eigenvalue weighted by atomic mass is 16.2. The Balaban J connectivity index is 1.90. The van der Waals surface area contributed by atoms with E-state index in [0.29, 0.717) is 11.3 Å². The molecule has 3 nitrogen and oxygen atoms in total. The van der Waals surface area contributed by atoms with E-state index in [4.69, 9.17) is 0 Å². The Bertz CT molecular complexity index is 279. The summed E-state index contributed by atoms with van der Waals surface area (Å²) in [6.07, 6.45) is 1.24. The molecule has 1 N–H and O–H groups in total. The molecule has 92 valence electrons. The first-order chi connectivity index (χ1) is 7.34. The Hall–Kier alpha value is -0.570. The number of likely N-dealkylation sites (tertiary alicyclic amines) is 1. The third kappa shape index (κ3) is 1.97. The molecule has 1 spiro atoms. The molecule has 0 saturated carbocycles. The lowest BCUT2D eigenvalue weighted by Gasteiger charge is -2.49. The summed E-state index contributed by atoms with van der Waals surface area (Å²) >= 11 is 0. The summed E-state index contributed by atoms with van der Waals surface area (Å²) in [6.45, 7) is 12.6. The molecule has 1 unspecified atom stereocenters. The van der Waals surface area contributed by atoms with Gasteiger partial charge in [-0.15, -0.1) is 0 Å². The van der Waals surface area contributed by atoms with Crippen molar-refractivity contribution in [2.24, 2.45) is 16.7 Å². The molecule has 0 bridgehead atoms. The highest BCUT2D eigenvalue weighted by molar-refractivity contribution is 5.80. The molecule has 2 aliphatic rings. The van der Waals surface area contributed by atoms with Gasteiger partial charge in [-0.2, -0.15) is 0 Å². The SMILES string of the molecule is CC(C(=O)N1CC2(CCNC2)C1)C(C)(C)C. The Morgan fingerprint density at radius 1 is 1.38 bits per heavy atom. The van der Waals surface area contributed by atoms with Gasteiger partial charge in [-0.25, -0.2) is 0 Å². The van der Waals surface area contributed by atoms with Gasteiger partial charge in [0, 0.05) is 31.0 Å². The van der Waals surface area contributed by atoms with Crippen molar-refractivity contribution in [3.8, 4) is 0 Å². The predicted molar refractivity (Wildman–Crippen MR) is 65.1 cm³/mol. The van der Waals surface area contributed by atoms with E-state index in [-0.39, 0.29) is 11.3 Å². The van der Waals surface area contributed by atoms with Gasteiger partial charge >= 0.3 is 0 Å². The van der Waals surface area contributed by atoms with E-state index in [1.54, 1.807) is 0 Å². The van der Waals surface area contributed by atoms with Crippen LogP contribution in [0.3, 0.4) is 0 Å². The highest BCUT2D eigenvalue weighted by Crippen LogP contribution is 2.38. The number of hydrogen-bond donors (Lipinski definition) is 1. The zero-order chi connectivity index (χ0) is 12.0. The molecule has 3 heteroatoms. The summed E-state index contributed by atoms with van der Waals surface area (Å²) < 4.78 is 0. The maximum absolute atomic E-state index is 12.2. The normalized spacial score (nSPS) is 25.6. The van der Waals surface area contributed by atoms with Crippen molar-refractivity contribution < 1.29 is 4.79 Å². The second-order valence-corrected chi connectivity index (χ2v) is 6.71. The lowest BCUT2D eigenvalue weighted by Crippen LogP contribution is -2.61. The molecule has 1 atom stereocenters. The van der Waals surface area contributed by atoms with E-state index < -0.39 is 0 Å². The molecule has 0 aromatic carbocycles. The monoisotopic (exact) mass is 224 g/mol. The van der Waals surface area contributed by atoms with E-state index in [9.17, 15) is 4.79 Å². The Morgan fingerprint density at radius 3 is 2.44 bits per heavy atom. The van der Waals surface area contributed by atoms with Crippen molar-refractivity contribution in [3.05, 3.63) is 0 Å². The fourth-order valence-electron chi connectivity index (χ4n) is 2.63. The molecule has 1 amide bonds. The van der Waals surface area contributed by atoms with Crippen LogP contribution in [0.15, 0.2) is 0 Å². The fourth-order valence-corrected chi connectivity index (χ4v) is 2.63. The maximum Gasteiger partial charge on any atom is 0.225 e.